The normalized spacial score (nSPS) is 10.9. The van der Waals surface area contributed by atoms with E-state index in [9.17, 15) is 22.8 Å². The number of carbonyl (C=O) groups is 2. The first-order valence-electron chi connectivity index (χ1n) is 6.68. The number of halogens is 4. The third kappa shape index (κ3) is 5.96. The third-order valence-electron chi connectivity index (χ3n) is 2.69. The van der Waals surface area contributed by atoms with Crippen molar-refractivity contribution in [3.05, 3.63) is 53.3 Å². The molecule has 2 aromatic rings. The number of aromatic nitrogens is 1. The Labute approximate surface area is 144 Å². The number of pyridine rings is 1. The van der Waals surface area contributed by atoms with Crippen molar-refractivity contribution in [3.8, 4) is 5.75 Å². The van der Waals surface area contributed by atoms with Crippen molar-refractivity contribution >= 4 is 29.2 Å². The van der Waals surface area contributed by atoms with Crippen LogP contribution in [-0.4, -0.2) is 29.8 Å². The lowest BCUT2D eigenvalue weighted by atomic mass is 10.2. The fraction of sp³-hybridized carbons (Fsp3) is 0.133. The van der Waals surface area contributed by atoms with Crippen LogP contribution in [0.2, 0.25) is 5.15 Å². The van der Waals surface area contributed by atoms with Gasteiger partial charge >= 0.3 is 12.3 Å². The van der Waals surface area contributed by atoms with Crippen molar-refractivity contribution in [2.45, 2.75) is 6.36 Å². The Morgan fingerprint density at radius 3 is 2.44 bits per heavy atom. The predicted molar refractivity (Wildman–Crippen MR) is 81.3 cm³/mol. The molecule has 0 bridgehead atoms. The van der Waals surface area contributed by atoms with Crippen LogP contribution in [0.1, 0.15) is 10.4 Å². The van der Waals surface area contributed by atoms with Crippen molar-refractivity contribution in [1.29, 1.82) is 0 Å². The Hall–Kier alpha value is -2.81. The van der Waals surface area contributed by atoms with E-state index in [4.69, 9.17) is 16.3 Å². The molecule has 0 aliphatic heterocycles. The van der Waals surface area contributed by atoms with Gasteiger partial charge in [-0.05, 0) is 36.4 Å². The maximum atomic E-state index is 12.0. The molecule has 0 fully saturated rings. The molecule has 25 heavy (non-hydrogen) atoms. The van der Waals surface area contributed by atoms with E-state index in [1.54, 1.807) is 6.07 Å². The Kier molecular flexibility index (Phi) is 5.81. The van der Waals surface area contributed by atoms with Gasteiger partial charge in [0.2, 0.25) is 0 Å². The second-order valence-electron chi connectivity index (χ2n) is 4.54. The molecule has 2 rings (SSSR count). The Morgan fingerprint density at radius 2 is 1.84 bits per heavy atom. The highest BCUT2D eigenvalue weighted by atomic mass is 35.5. The van der Waals surface area contributed by atoms with Gasteiger partial charge < -0.3 is 14.8 Å². The van der Waals surface area contributed by atoms with Gasteiger partial charge in [0.15, 0.2) is 11.8 Å². The van der Waals surface area contributed by atoms with E-state index in [0.717, 1.165) is 24.3 Å². The first-order chi connectivity index (χ1) is 11.7. The zero-order chi connectivity index (χ0) is 18.4. The molecule has 1 aromatic carbocycles. The molecule has 0 radical (unpaired) electrons. The van der Waals surface area contributed by atoms with Gasteiger partial charge in [-0.3, -0.25) is 4.79 Å². The summed E-state index contributed by atoms with van der Waals surface area (Å²) < 4.78 is 44.6. The lowest BCUT2D eigenvalue weighted by Crippen LogP contribution is -2.21. The fourth-order valence-corrected chi connectivity index (χ4v) is 1.84. The van der Waals surface area contributed by atoms with Crippen LogP contribution in [0.5, 0.6) is 5.75 Å². The zero-order valence-corrected chi connectivity index (χ0v) is 13.1. The van der Waals surface area contributed by atoms with Crippen LogP contribution >= 0.6 is 11.6 Å². The number of anilines is 1. The largest absolute Gasteiger partial charge is 0.573 e. The summed E-state index contributed by atoms with van der Waals surface area (Å²) >= 11 is 5.76. The van der Waals surface area contributed by atoms with Crippen LogP contribution in [-0.2, 0) is 9.53 Å². The fourth-order valence-electron chi connectivity index (χ4n) is 1.67. The van der Waals surface area contributed by atoms with Crippen LogP contribution < -0.4 is 10.1 Å². The summed E-state index contributed by atoms with van der Waals surface area (Å²) in [6.45, 7) is -0.606. The first kappa shape index (κ1) is 18.5. The van der Waals surface area contributed by atoms with E-state index >= 15 is 0 Å². The molecule has 1 amide bonds. The molecular weight excluding hydrogens is 365 g/mol. The summed E-state index contributed by atoms with van der Waals surface area (Å²) in [6.07, 6.45) is -3.39. The van der Waals surface area contributed by atoms with E-state index in [1.165, 1.54) is 12.3 Å². The number of rotatable bonds is 5. The summed E-state index contributed by atoms with van der Waals surface area (Å²) in [4.78, 5) is 27.2. The topological polar surface area (TPSA) is 77.5 Å². The number of carbonyl (C=O) groups excluding carboxylic acids is 2. The Bertz CT molecular complexity index is 766. The summed E-state index contributed by atoms with van der Waals surface area (Å²) in [7, 11) is 0. The van der Waals surface area contributed by atoms with Gasteiger partial charge in [0, 0.05) is 6.20 Å². The molecule has 1 heterocycles. The highest BCUT2D eigenvalue weighted by Crippen LogP contribution is 2.23. The molecule has 0 unspecified atom stereocenters. The second-order valence-corrected chi connectivity index (χ2v) is 4.90. The lowest BCUT2D eigenvalue weighted by Gasteiger charge is -2.09. The van der Waals surface area contributed by atoms with Gasteiger partial charge in [-0.2, -0.15) is 0 Å². The molecule has 0 aliphatic carbocycles. The molecule has 132 valence electrons. The van der Waals surface area contributed by atoms with Crippen molar-refractivity contribution < 1.29 is 32.2 Å². The van der Waals surface area contributed by atoms with Gasteiger partial charge in [0.1, 0.15) is 5.75 Å². The minimum atomic E-state index is -4.83. The number of alkyl halides is 3. The predicted octanol–water partition coefficient (Wildman–Crippen LogP) is 3.43. The van der Waals surface area contributed by atoms with E-state index in [2.05, 4.69) is 15.0 Å². The molecule has 0 saturated carbocycles. The molecule has 1 N–H and O–H groups in total. The molecule has 0 spiro atoms. The highest BCUT2D eigenvalue weighted by Gasteiger charge is 2.31. The number of ether oxygens (including phenoxy) is 2. The van der Waals surface area contributed by atoms with E-state index < -0.39 is 30.6 Å². The Morgan fingerprint density at radius 1 is 1.16 bits per heavy atom. The lowest BCUT2D eigenvalue weighted by molar-refractivity contribution is -0.274. The van der Waals surface area contributed by atoms with E-state index in [1.807, 2.05) is 0 Å². The molecule has 1 aromatic heterocycles. The molecule has 6 nitrogen and oxygen atoms in total. The molecule has 0 atom stereocenters. The number of nitrogens with one attached hydrogen (secondary N) is 1. The summed E-state index contributed by atoms with van der Waals surface area (Å²) in [5, 5.41) is 2.47. The van der Waals surface area contributed by atoms with Crippen molar-refractivity contribution in [1.82, 2.24) is 4.98 Å². The van der Waals surface area contributed by atoms with Crippen LogP contribution in [0.4, 0.5) is 18.9 Å². The van der Waals surface area contributed by atoms with Gasteiger partial charge in [-0.25, -0.2) is 9.78 Å². The minimum Gasteiger partial charge on any atom is -0.452 e. The smallest absolute Gasteiger partial charge is 0.452 e. The SMILES string of the molecule is O=C(COC(=O)c1ccc(OC(F)(F)F)cc1)Nc1cccnc1Cl. The van der Waals surface area contributed by atoms with Crippen molar-refractivity contribution in [2.24, 2.45) is 0 Å². The van der Waals surface area contributed by atoms with Crippen LogP contribution in [0.25, 0.3) is 0 Å². The van der Waals surface area contributed by atoms with Gasteiger partial charge in [0.05, 0.1) is 11.3 Å². The second kappa shape index (κ2) is 7.84. The van der Waals surface area contributed by atoms with Crippen molar-refractivity contribution in [2.75, 3.05) is 11.9 Å². The average molecular weight is 375 g/mol. The number of amides is 1. The van der Waals surface area contributed by atoms with Crippen LogP contribution in [0.3, 0.4) is 0 Å². The standard InChI is InChI=1S/C15H10ClF3N2O4/c16-13-11(2-1-7-20-13)21-12(22)8-24-14(23)9-3-5-10(6-4-9)25-15(17,18)19/h1-7H,8H2,(H,21,22). The summed E-state index contributed by atoms with van der Waals surface area (Å²) in [5.41, 5.74) is 0.209. The molecule has 0 aliphatic rings. The molecule has 0 saturated heterocycles. The number of hydrogen-bond donors (Lipinski definition) is 1. The summed E-state index contributed by atoms with van der Waals surface area (Å²) in [6, 6.07) is 7.14. The minimum absolute atomic E-state index is 0.0401. The summed E-state index contributed by atoms with van der Waals surface area (Å²) in [5.74, 6) is -2.01. The van der Waals surface area contributed by atoms with E-state index in [0.29, 0.717) is 0 Å². The number of hydrogen-bond acceptors (Lipinski definition) is 5. The molecule has 10 heteroatoms. The van der Waals surface area contributed by atoms with Gasteiger partial charge in [-0.1, -0.05) is 11.6 Å². The average Bonchev–Trinajstić information content (AvgIpc) is 2.54. The monoisotopic (exact) mass is 374 g/mol. The van der Waals surface area contributed by atoms with Crippen LogP contribution in [0.15, 0.2) is 42.6 Å². The van der Waals surface area contributed by atoms with Gasteiger partial charge in [0.25, 0.3) is 5.91 Å². The number of nitrogens with zero attached hydrogens (tertiary/aromatic N) is 1. The number of esters is 1. The quantitative estimate of drug-likeness (QED) is 0.641. The van der Waals surface area contributed by atoms with E-state index in [-0.39, 0.29) is 16.4 Å². The zero-order valence-electron chi connectivity index (χ0n) is 12.3. The van der Waals surface area contributed by atoms with Crippen molar-refractivity contribution in [3.63, 3.8) is 0 Å². The maximum Gasteiger partial charge on any atom is 0.573 e. The Balaban J connectivity index is 1.87. The number of benzene rings is 1. The van der Waals surface area contributed by atoms with Gasteiger partial charge in [-0.15, -0.1) is 13.2 Å². The third-order valence-corrected chi connectivity index (χ3v) is 2.99. The highest BCUT2D eigenvalue weighted by molar-refractivity contribution is 6.32. The maximum absolute atomic E-state index is 12.0. The first-order valence-corrected chi connectivity index (χ1v) is 7.06. The molecular formula is C15H10ClF3N2O4. The van der Waals surface area contributed by atoms with Crippen LogP contribution in [0, 0.1) is 0 Å².